The van der Waals surface area contributed by atoms with Crippen molar-refractivity contribution >= 4 is 17.5 Å². The summed E-state index contributed by atoms with van der Waals surface area (Å²) in [4.78, 5) is 25.6. The zero-order chi connectivity index (χ0) is 24.7. The molecule has 5 rings (SSSR count). The van der Waals surface area contributed by atoms with Gasteiger partial charge in [0.25, 0.3) is 5.91 Å². The smallest absolute Gasteiger partial charge is 0.289 e. The molecule has 1 N–H and O–H groups in total. The van der Waals surface area contributed by atoms with E-state index >= 15 is 0 Å². The SMILES string of the molecule is COc1ccc(-c2cnc(Nc3ccc(CCN4CCN(C(=O)c5ccco5)CC4)cc3)nc2)cc1. The first kappa shape index (κ1) is 23.6. The van der Waals surface area contributed by atoms with E-state index in [2.05, 4.69) is 44.5 Å². The molecule has 0 atom stereocenters. The average molecular weight is 484 g/mol. The quantitative estimate of drug-likeness (QED) is 0.395. The number of aromatic nitrogens is 2. The number of piperazine rings is 1. The number of carbonyl (C=O) groups is 1. The predicted octanol–water partition coefficient (Wildman–Crippen LogP) is 4.49. The fraction of sp³-hybridized carbons (Fsp3) is 0.250. The number of hydrogen-bond donors (Lipinski definition) is 1. The van der Waals surface area contributed by atoms with Gasteiger partial charge in [-0.25, -0.2) is 9.97 Å². The minimum atomic E-state index is -0.0258. The van der Waals surface area contributed by atoms with Gasteiger partial charge in [-0.05, 0) is 53.9 Å². The molecule has 2 aromatic heterocycles. The summed E-state index contributed by atoms with van der Waals surface area (Å²) in [5, 5.41) is 3.26. The van der Waals surface area contributed by atoms with Crippen LogP contribution in [0.1, 0.15) is 16.1 Å². The number of carbonyl (C=O) groups excluding carboxylic acids is 1. The van der Waals surface area contributed by atoms with E-state index in [1.54, 1.807) is 19.2 Å². The molecule has 36 heavy (non-hydrogen) atoms. The Hall–Kier alpha value is -4.17. The van der Waals surface area contributed by atoms with Crippen molar-refractivity contribution in [2.45, 2.75) is 6.42 Å². The lowest BCUT2D eigenvalue weighted by Crippen LogP contribution is -2.49. The molecule has 184 valence electrons. The summed E-state index contributed by atoms with van der Waals surface area (Å²) in [5.74, 6) is 1.77. The summed E-state index contributed by atoms with van der Waals surface area (Å²) in [6.45, 7) is 4.15. The molecule has 0 unspecified atom stereocenters. The number of methoxy groups -OCH3 is 1. The van der Waals surface area contributed by atoms with Crippen molar-refractivity contribution in [3.8, 4) is 16.9 Å². The maximum atomic E-state index is 12.4. The normalized spacial score (nSPS) is 14.0. The second kappa shape index (κ2) is 11.0. The van der Waals surface area contributed by atoms with Crippen LogP contribution in [0.2, 0.25) is 0 Å². The fourth-order valence-electron chi connectivity index (χ4n) is 4.23. The largest absolute Gasteiger partial charge is 0.497 e. The second-order valence-electron chi connectivity index (χ2n) is 8.71. The number of ether oxygens (including phenoxy) is 1. The Morgan fingerprint density at radius 1 is 0.944 bits per heavy atom. The maximum absolute atomic E-state index is 12.4. The fourth-order valence-corrected chi connectivity index (χ4v) is 4.23. The molecule has 0 bridgehead atoms. The zero-order valence-electron chi connectivity index (χ0n) is 20.3. The van der Waals surface area contributed by atoms with Gasteiger partial charge >= 0.3 is 0 Å². The first-order valence-corrected chi connectivity index (χ1v) is 12.1. The number of benzene rings is 2. The van der Waals surface area contributed by atoms with Crippen LogP contribution in [-0.2, 0) is 6.42 Å². The third-order valence-electron chi connectivity index (χ3n) is 6.39. The highest BCUT2D eigenvalue weighted by molar-refractivity contribution is 5.91. The van der Waals surface area contributed by atoms with Crippen LogP contribution in [0, 0.1) is 0 Å². The summed E-state index contributed by atoms with van der Waals surface area (Å²) < 4.78 is 10.4. The van der Waals surface area contributed by atoms with Crippen molar-refractivity contribution in [3.63, 3.8) is 0 Å². The lowest BCUT2D eigenvalue weighted by molar-refractivity contribution is 0.0607. The number of nitrogens with zero attached hydrogens (tertiary/aromatic N) is 4. The molecule has 0 aliphatic carbocycles. The molecule has 0 radical (unpaired) electrons. The summed E-state index contributed by atoms with van der Waals surface area (Å²) >= 11 is 0. The molecule has 1 amide bonds. The molecule has 8 heteroatoms. The molecule has 2 aromatic carbocycles. The van der Waals surface area contributed by atoms with Gasteiger partial charge in [0.1, 0.15) is 5.75 Å². The van der Waals surface area contributed by atoms with Gasteiger partial charge in [0.05, 0.1) is 13.4 Å². The molecule has 0 spiro atoms. The third-order valence-corrected chi connectivity index (χ3v) is 6.39. The van der Waals surface area contributed by atoms with Crippen molar-refractivity contribution in [2.24, 2.45) is 0 Å². The van der Waals surface area contributed by atoms with Gasteiger partial charge in [-0.3, -0.25) is 9.69 Å². The number of rotatable bonds is 8. The number of nitrogens with one attached hydrogen (secondary N) is 1. The first-order chi connectivity index (χ1) is 17.7. The Bertz CT molecular complexity index is 1250. The van der Waals surface area contributed by atoms with Crippen LogP contribution in [0.4, 0.5) is 11.6 Å². The Labute approximate surface area is 210 Å². The van der Waals surface area contributed by atoms with Crippen LogP contribution >= 0.6 is 0 Å². The second-order valence-corrected chi connectivity index (χ2v) is 8.71. The van der Waals surface area contributed by atoms with Crippen molar-refractivity contribution in [1.29, 1.82) is 0 Å². The zero-order valence-corrected chi connectivity index (χ0v) is 20.3. The third kappa shape index (κ3) is 5.72. The molecular formula is C28H29N5O3. The molecule has 8 nitrogen and oxygen atoms in total. The van der Waals surface area contributed by atoms with Crippen LogP contribution in [-0.4, -0.2) is 65.5 Å². The van der Waals surface area contributed by atoms with Gasteiger partial charge in [-0.1, -0.05) is 24.3 Å². The van der Waals surface area contributed by atoms with Crippen molar-refractivity contribution in [2.75, 3.05) is 45.2 Å². The monoisotopic (exact) mass is 483 g/mol. The van der Waals surface area contributed by atoms with E-state index in [1.807, 2.05) is 41.6 Å². The lowest BCUT2D eigenvalue weighted by Gasteiger charge is -2.34. The lowest BCUT2D eigenvalue weighted by atomic mass is 10.1. The number of furan rings is 1. The van der Waals surface area contributed by atoms with Gasteiger partial charge in [-0.15, -0.1) is 0 Å². The van der Waals surface area contributed by atoms with Crippen molar-refractivity contribution < 1.29 is 13.9 Å². The molecule has 0 saturated carbocycles. The maximum Gasteiger partial charge on any atom is 0.289 e. The van der Waals surface area contributed by atoms with Crippen LogP contribution in [0.25, 0.3) is 11.1 Å². The molecule has 1 aliphatic rings. The summed E-state index contributed by atoms with van der Waals surface area (Å²) in [7, 11) is 1.65. The van der Waals surface area contributed by atoms with Crippen molar-refractivity contribution in [1.82, 2.24) is 19.8 Å². The summed E-state index contributed by atoms with van der Waals surface area (Å²) in [6, 6.07) is 19.7. The first-order valence-electron chi connectivity index (χ1n) is 12.1. The van der Waals surface area contributed by atoms with E-state index in [0.29, 0.717) is 11.7 Å². The Balaban J connectivity index is 1.08. The van der Waals surface area contributed by atoms with Gasteiger partial charge in [-0.2, -0.15) is 0 Å². The van der Waals surface area contributed by atoms with E-state index in [0.717, 1.165) is 61.7 Å². The predicted molar refractivity (Wildman–Crippen MR) is 139 cm³/mol. The topological polar surface area (TPSA) is 83.7 Å². The summed E-state index contributed by atoms with van der Waals surface area (Å²) in [6.07, 6.45) is 6.12. The molecule has 3 heterocycles. The minimum absolute atomic E-state index is 0.0258. The molecule has 1 aliphatic heterocycles. The molecular weight excluding hydrogens is 454 g/mol. The van der Waals surface area contributed by atoms with E-state index < -0.39 is 0 Å². The van der Waals surface area contributed by atoms with Crippen molar-refractivity contribution in [3.05, 3.63) is 90.6 Å². The van der Waals surface area contributed by atoms with E-state index in [4.69, 9.17) is 9.15 Å². The number of anilines is 2. The Morgan fingerprint density at radius 3 is 2.31 bits per heavy atom. The van der Waals surface area contributed by atoms with E-state index in [9.17, 15) is 4.79 Å². The van der Waals surface area contributed by atoms with Crippen LogP contribution in [0.15, 0.2) is 83.7 Å². The number of hydrogen-bond acceptors (Lipinski definition) is 7. The Morgan fingerprint density at radius 2 is 1.67 bits per heavy atom. The highest BCUT2D eigenvalue weighted by atomic mass is 16.5. The highest BCUT2D eigenvalue weighted by Gasteiger charge is 2.23. The van der Waals surface area contributed by atoms with Gasteiger partial charge in [0.15, 0.2) is 5.76 Å². The highest BCUT2D eigenvalue weighted by Crippen LogP contribution is 2.22. The summed E-state index contributed by atoms with van der Waals surface area (Å²) in [5.41, 5.74) is 4.20. The van der Waals surface area contributed by atoms with E-state index in [-0.39, 0.29) is 5.91 Å². The standard InChI is InChI=1S/C28H29N5O3/c1-35-25-10-6-22(7-11-25)23-19-29-28(30-20-23)31-24-8-4-21(5-9-24)12-13-32-14-16-33(17-15-32)27(34)26-3-2-18-36-26/h2-11,18-20H,12-17H2,1H3,(H,29,30,31). The van der Waals surface area contributed by atoms with Gasteiger partial charge in [0.2, 0.25) is 5.95 Å². The van der Waals surface area contributed by atoms with Crippen LogP contribution in [0.5, 0.6) is 5.75 Å². The van der Waals surface area contributed by atoms with E-state index in [1.165, 1.54) is 11.8 Å². The van der Waals surface area contributed by atoms with Gasteiger partial charge < -0.3 is 19.4 Å². The molecule has 1 saturated heterocycles. The molecule has 1 fully saturated rings. The van der Waals surface area contributed by atoms with Crippen LogP contribution < -0.4 is 10.1 Å². The number of amides is 1. The molecule has 4 aromatic rings. The van der Waals surface area contributed by atoms with Gasteiger partial charge in [0, 0.05) is 56.4 Å². The Kier molecular flexibility index (Phi) is 7.23. The average Bonchev–Trinajstić information content (AvgIpc) is 3.48. The minimum Gasteiger partial charge on any atom is -0.497 e. The van der Waals surface area contributed by atoms with Crippen LogP contribution in [0.3, 0.4) is 0 Å².